The van der Waals surface area contributed by atoms with E-state index in [1.54, 1.807) is 0 Å². The molecule has 0 aromatic rings. The molecule has 0 aromatic heterocycles. The third-order valence-corrected chi connectivity index (χ3v) is 2.00. The molecule has 1 rings (SSSR count). The van der Waals surface area contributed by atoms with Gasteiger partial charge in [0, 0.05) is 6.54 Å². The topological polar surface area (TPSA) is 38.7 Å². The average molecular weight is 169 g/mol. The molecular weight excluding hydrogens is 154 g/mol. The van der Waals surface area contributed by atoms with Crippen LogP contribution in [0.1, 0.15) is 26.2 Å². The minimum absolute atomic E-state index is 0.0528. The van der Waals surface area contributed by atoms with Crippen LogP contribution in [0.25, 0.3) is 0 Å². The molecule has 0 aromatic carbocycles. The van der Waals surface area contributed by atoms with Gasteiger partial charge in [-0.3, -0.25) is 9.79 Å². The largest absolute Gasteiger partial charge is 0.466 e. The number of hydrogen-bond donors (Lipinski definition) is 0. The fraction of sp³-hybridized carbons (Fsp3) is 0.778. The van der Waals surface area contributed by atoms with Crippen molar-refractivity contribution in [1.82, 2.24) is 0 Å². The Morgan fingerprint density at radius 3 is 3.25 bits per heavy atom. The smallest absolute Gasteiger partial charge is 0.308 e. The van der Waals surface area contributed by atoms with Gasteiger partial charge in [-0.05, 0) is 32.4 Å². The van der Waals surface area contributed by atoms with Crippen LogP contribution in [0.5, 0.6) is 0 Å². The van der Waals surface area contributed by atoms with Gasteiger partial charge in [-0.2, -0.15) is 0 Å². The van der Waals surface area contributed by atoms with Crippen LogP contribution in [0, 0.1) is 5.92 Å². The van der Waals surface area contributed by atoms with E-state index in [1.165, 1.54) is 0 Å². The molecule has 0 saturated carbocycles. The zero-order valence-electron chi connectivity index (χ0n) is 7.45. The molecule has 0 amide bonds. The SMILES string of the molecule is CCOC(=O)C1CCC=NCC1. The summed E-state index contributed by atoms with van der Waals surface area (Å²) in [6.07, 6.45) is 4.54. The Balaban J connectivity index is 2.35. The second-order valence-corrected chi connectivity index (χ2v) is 2.90. The lowest BCUT2D eigenvalue weighted by atomic mass is 10.0. The van der Waals surface area contributed by atoms with Crippen LogP contribution < -0.4 is 0 Å². The van der Waals surface area contributed by atoms with E-state index < -0.39 is 0 Å². The monoisotopic (exact) mass is 169 g/mol. The van der Waals surface area contributed by atoms with Gasteiger partial charge in [-0.1, -0.05) is 0 Å². The molecule has 0 aliphatic carbocycles. The molecule has 0 saturated heterocycles. The highest BCUT2D eigenvalue weighted by Gasteiger charge is 2.19. The maximum Gasteiger partial charge on any atom is 0.308 e. The van der Waals surface area contributed by atoms with Gasteiger partial charge in [-0.25, -0.2) is 0 Å². The number of carbonyl (C=O) groups is 1. The molecule has 0 fully saturated rings. The minimum Gasteiger partial charge on any atom is -0.466 e. The van der Waals surface area contributed by atoms with Crippen molar-refractivity contribution < 1.29 is 9.53 Å². The molecule has 1 atom stereocenters. The molecule has 1 heterocycles. The molecule has 3 nitrogen and oxygen atoms in total. The van der Waals surface area contributed by atoms with Crippen molar-refractivity contribution in [3.8, 4) is 0 Å². The molecule has 3 heteroatoms. The second kappa shape index (κ2) is 4.91. The highest BCUT2D eigenvalue weighted by atomic mass is 16.5. The molecule has 0 radical (unpaired) electrons. The molecule has 1 aliphatic heterocycles. The van der Waals surface area contributed by atoms with E-state index in [1.807, 2.05) is 13.1 Å². The van der Waals surface area contributed by atoms with Gasteiger partial charge in [-0.15, -0.1) is 0 Å². The Morgan fingerprint density at radius 2 is 2.50 bits per heavy atom. The first kappa shape index (κ1) is 9.23. The van der Waals surface area contributed by atoms with E-state index in [4.69, 9.17) is 4.74 Å². The molecule has 68 valence electrons. The Hall–Kier alpha value is -0.860. The number of hydrogen-bond acceptors (Lipinski definition) is 3. The van der Waals surface area contributed by atoms with Crippen LogP contribution in [0.4, 0.5) is 0 Å². The molecule has 12 heavy (non-hydrogen) atoms. The number of aliphatic imine (C=N–C) groups is 1. The van der Waals surface area contributed by atoms with Crippen molar-refractivity contribution in [1.29, 1.82) is 0 Å². The summed E-state index contributed by atoms with van der Waals surface area (Å²) in [6, 6.07) is 0. The number of rotatable bonds is 2. The summed E-state index contributed by atoms with van der Waals surface area (Å²) in [7, 11) is 0. The van der Waals surface area contributed by atoms with Crippen LogP contribution in [0.15, 0.2) is 4.99 Å². The predicted octanol–water partition coefficient (Wildman–Crippen LogP) is 1.42. The summed E-state index contributed by atoms with van der Waals surface area (Å²) < 4.78 is 4.94. The lowest BCUT2D eigenvalue weighted by molar-refractivity contribution is -0.148. The van der Waals surface area contributed by atoms with Crippen LogP contribution in [-0.2, 0) is 9.53 Å². The van der Waals surface area contributed by atoms with Crippen LogP contribution >= 0.6 is 0 Å². The van der Waals surface area contributed by atoms with Crippen LogP contribution in [0.2, 0.25) is 0 Å². The van der Waals surface area contributed by atoms with Crippen molar-refractivity contribution in [3.05, 3.63) is 0 Å². The van der Waals surface area contributed by atoms with E-state index in [-0.39, 0.29) is 11.9 Å². The van der Waals surface area contributed by atoms with Crippen LogP contribution in [-0.4, -0.2) is 25.3 Å². The molecule has 0 N–H and O–H groups in total. The highest BCUT2D eigenvalue weighted by molar-refractivity contribution is 5.73. The van der Waals surface area contributed by atoms with Crippen LogP contribution in [0.3, 0.4) is 0 Å². The first-order valence-electron chi connectivity index (χ1n) is 4.49. The van der Waals surface area contributed by atoms with E-state index in [0.29, 0.717) is 6.61 Å². The Labute approximate surface area is 72.8 Å². The van der Waals surface area contributed by atoms with Crippen molar-refractivity contribution in [2.75, 3.05) is 13.2 Å². The third kappa shape index (κ3) is 2.64. The number of carbonyl (C=O) groups excluding carboxylic acids is 1. The lowest BCUT2D eigenvalue weighted by Crippen LogP contribution is -2.17. The number of ether oxygens (including phenoxy) is 1. The molecule has 0 spiro atoms. The number of esters is 1. The van der Waals surface area contributed by atoms with Crippen molar-refractivity contribution >= 4 is 12.2 Å². The van der Waals surface area contributed by atoms with E-state index >= 15 is 0 Å². The summed E-state index contributed by atoms with van der Waals surface area (Å²) in [4.78, 5) is 15.4. The Kier molecular flexibility index (Phi) is 3.77. The number of nitrogens with zero attached hydrogens (tertiary/aromatic N) is 1. The fourth-order valence-electron chi connectivity index (χ4n) is 1.33. The highest BCUT2D eigenvalue weighted by Crippen LogP contribution is 2.15. The van der Waals surface area contributed by atoms with Gasteiger partial charge in [0.2, 0.25) is 0 Å². The minimum atomic E-state index is -0.0528. The zero-order chi connectivity index (χ0) is 8.81. The van der Waals surface area contributed by atoms with E-state index in [9.17, 15) is 4.79 Å². The van der Waals surface area contributed by atoms with Crippen molar-refractivity contribution in [2.24, 2.45) is 10.9 Å². The van der Waals surface area contributed by atoms with E-state index in [2.05, 4.69) is 4.99 Å². The fourth-order valence-corrected chi connectivity index (χ4v) is 1.33. The lowest BCUT2D eigenvalue weighted by Gasteiger charge is -2.10. The summed E-state index contributed by atoms with van der Waals surface area (Å²) in [5, 5.41) is 0. The molecule has 1 unspecified atom stereocenters. The summed E-state index contributed by atoms with van der Waals surface area (Å²) in [5.74, 6) is 0.0236. The standard InChI is InChI=1S/C9H15NO2/c1-2-12-9(11)8-4-3-6-10-7-5-8/h6,8H,2-5,7H2,1H3. The maximum atomic E-state index is 11.3. The van der Waals surface area contributed by atoms with Gasteiger partial charge < -0.3 is 4.74 Å². The second-order valence-electron chi connectivity index (χ2n) is 2.90. The van der Waals surface area contributed by atoms with Gasteiger partial charge in [0.1, 0.15) is 0 Å². The van der Waals surface area contributed by atoms with E-state index in [0.717, 1.165) is 25.8 Å². The normalized spacial score (nSPS) is 23.2. The van der Waals surface area contributed by atoms with Crippen molar-refractivity contribution in [3.63, 3.8) is 0 Å². The summed E-state index contributed by atoms with van der Waals surface area (Å²) in [6.45, 7) is 3.09. The van der Waals surface area contributed by atoms with Gasteiger partial charge in [0.15, 0.2) is 0 Å². The first-order valence-corrected chi connectivity index (χ1v) is 4.49. The van der Waals surface area contributed by atoms with Gasteiger partial charge in [0.05, 0.1) is 12.5 Å². The predicted molar refractivity (Wildman–Crippen MR) is 47.3 cm³/mol. The molecule has 1 aliphatic rings. The Bertz CT molecular complexity index is 167. The van der Waals surface area contributed by atoms with Gasteiger partial charge >= 0.3 is 5.97 Å². The Morgan fingerprint density at radius 1 is 1.67 bits per heavy atom. The van der Waals surface area contributed by atoms with Gasteiger partial charge in [0.25, 0.3) is 0 Å². The quantitative estimate of drug-likeness (QED) is 0.586. The zero-order valence-corrected chi connectivity index (χ0v) is 7.45. The maximum absolute atomic E-state index is 11.3. The average Bonchev–Trinajstić information content (AvgIpc) is 2.32. The first-order chi connectivity index (χ1) is 5.84. The third-order valence-electron chi connectivity index (χ3n) is 2.00. The summed E-state index contributed by atoms with van der Waals surface area (Å²) >= 11 is 0. The molecular formula is C9H15NO2. The molecule has 0 bridgehead atoms. The summed E-state index contributed by atoms with van der Waals surface area (Å²) in [5.41, 5.74) is 0. The van der Waals surface area contributed by atoms with Crippen molar-refractivity contribution in [2.45, 2.75) is 26.2 Å².